The molecular weight excluding hydrogens is 993 g/mol. The van der Waals surface area contributed by atoms with Crippen LogP contribution in [0.3, 0.4) is 0 Å². The first kappa shape index (κ1) is 46.0. The standard InChI is InChI=1S/C78H50N4/c1-5-17-51(18-6-1)52-29-37-62(38-30-52)82-75-42-34-55(53-32-40-73-66(45-53)63-25-13-15-27-71(63)79(73)59-19-7-2-8-20-59)47-68(75)65-39-31-58(50-78(65)82)57-36-44-77-70(49-57)69-48-56(35-43-76(69)81(77)61-23-11-4-12-24-61)54-33-41-74-67(46-54)64-26-14-16-28-72(64)80(74)60-21-9-3-10-22-60/h1-50H. The van der Waals surface area contributed by atoms with E-state index in [-0.39, 0.29) is 0 Å². The molecule has 4 heteroatoms. The van der Waals surface area contributed by atoms with E-state index >= 15 is 0 Å². The lowest BCUT2D eigenvalue weighted by molar-refractivity contribution is 1.18. The van der Waals surface area contributed by atoms with Crippen molar-refractivity contribution in [3.63, 3.8) is 0 Å². The summed E-state index contributed by atoms with van der Waals surface area (Å²) in [4.78, 5) is 0. The van der Waals surface area contributed by atoms with Gasteiger partial charge in [0.1, 0.15) is 0 Å². The van der Waals surface area contributed by atoms with Gasteiger partial charge in [0.05, 0.1) is 44.1 Å². The van der Waals surface area contributed by atoms with Crippen LogP contribution in [0, 0.1) is 0 Å². The van der Waals surface area contributed by atoms with Crippen LogP contribution in [0.1, 0.15) is 0 Å². The number of rotatable bonds is 8. The number of hydrogen-bond acceptors (Lipinski definition) is 0. The summed E-state index contributed by atoms with van der Waals surface area (Å²) in [6, 6.07) is 112. The number of benzene rings is 13. The minimum atomic E-state index is 1.12. The molecule has 17 aromatic rings. The van der Waals surface area contributed by atoms with Crippen LogP contribution in [0.2, 0.25) is 0 Å². The molecule has 0 saturated carbocycles. The van der Waals surface area contributed by atoms with Crippen molar-refractivity contribution < 1.29 is 0 Å². The number of fused-ring (bicyclic) bond motifs is 12. The molecule has 4 nitrogen and oxygen atoms in total. The topological polar surface area (TPSA) is 19.7 Å². The number of para-hydroxylation sites is 5. The van der Waals surface area contributed by atoms with E-state index in [1.165, 1.54) is 121 Å². The van der Waals surface area contributed by atoms with Crippen LogP contribution >= 0.6 is 0 Å². The van der Waals surface area contributed by atoms with Crippen molar-refractivity contribution in [1.29, 1.82) is 0 Å². The van der Waals surface area contributed by atoms with Crippen molar-refractivity contribution in [3.05, 3.63) is 303 Å². The molecule has 4 heterocycles. The molecule has 0 spiro atoms. The van der Waals surface area contributed by atoms with E-state index in [9.17, 15) is 0 Å². The molecule has 0 N–H and O–H groups in total. The molecule has 0 aliphatic carbocycles. The van der Waals surface area contributed by atoms with Gasteiger partial charge in [-0.2, -0.15) is 0 Å². The van der Waals surface area contributed by atoms with Gasteiger partial charge in [-0.3, -0.25) is 0 Å². The molecule has 0 fully saturated rings. The summed E-state index contributed by atoms with van der Waals surface area (Å²) in [5.41, 5.74) is 23.6. The van der Waals surface area contributed by atoms with E-state index < -0.39 is 0 Å². The second-order valence-electron chi connectivity index (χ2n) is 21.7. The van der Waals surface area contributed by atoms with Gasteiger partial charge in [-0.25, -0.2) is 0 Å². The Bertz CT molecular complexity index is 5350. The smallest absolute Gasteiger partial charge is 0.0547 e. The van der Waals surface area contributed by atoms with Crippen LogP contribution in [0.4, 0.5) is 0 Å². The number of hydrogen-bond donors (Lipinski definition) is 0. The lowest BCUT2D eigenvalue weighted by Crippen LogP contribution is -1.94. The van der Waals surface area contributed by atoms with Crippen molar-refractivity contribution in [2.24, 2.45) is 0 Å². The highest BCUT2D eigenvalue weighted by Crippen LogP contribution is 2.43. The fourth-order valence-corrected chi connectivity index (χ4v) is 13.3. The van der Waals surface area contributed by atoms with Gasteiger partial charge >= 0.3 is 0 Å². The summed E-state index contributed by atoms with van der Waals surface area (Å²) < 4.78 is 9.65. The van der Waals surface area contributed by atoms with Crippen molar-refractivity contribution in [2.45, 2.75) is 0 Å². The summed E-state index contributed by atoms with van der Waals surface area (Å²) in [7, 11) is 0. The van der Waals surface area contributed by atoms with E-state index in [1.807, 2.05) is 0 Å². The van der Waals surface area contributed by atoms with E-state index in [1.54, 1.807) is 0 Å². The molecule has 4 aromatic heterocycles. The Labute approximate surface area is 473 Å². The van der Waals surface area contributed by atoms with E-state index in [0.29, 0.717) is 0 Å². The van der Waals surface area contributed by atoms with Gasteiger partial charge in [0.2, 0.25) is 0 Å². The minimum absolute atomic E-state index is 1.12. The Kier molecular flexibility index (Phi) is 10.3. The predicted octanol–water partition coefficient (Wildman–Crippen LogP) is 20.7. The first-order chi connectivity index (χ1) is 40.7. The zero-order valence-corrected chi connectivity index (χ0v) is 44.7. The molecule has 0 atom stereocenters. The Balaban J connectivity index is 0.829. The van der Waals surface area contributed by atoms with Gasteiger partial charge < -0.3 is 18.3 Å². The van der Waals surface area contributed by atoms with Crippen molar-refractivity contribution in [3.8, 4) is 67.3 Å². The second-order valence-corrected chi connectivity index (χ2v) is 21.7. The summed E-state index contributed by atoms with van der Waals surface area (Å²) in [5, 5.41) is 9.84. The fraction of sp³-hybridized carbons (Fsp3) is 0. The highest BCUT2D eigenvalue weighted by molar-refractivity contribution is 6.16. The molecule has 82 heavy (non-hydrogen) atoms. The number of aromatic nitrogens is 4. The molecule has 0 aliphatic heterocycles. The highest BCUT2D eigenvalue weighted by Gasteiger charge is 2.20. The Hall–Kier alpha value is -10.9. The normalized spacial score (nSPS) is 11.9. The van der Waals surface area contributed by atoms with Gasteiger partial charge in [0, 0.05) is 65.8 Å². The minimum Gasteiger partial charge on any atom is -0.309 e. The maximum atomic E-state index is 2.46. The lowest BCUT2D eigenvalue weighted by Gasteiger charge is -2.11. The average Bonchev–Trinajstić information content (AvgIpc) is 3.48. The summed E-state index contributed by atoms with van der Waals surface area (Å²) in [6.45, 7) is 0. The third kappa shape index (κ3) is 7.18. The maximum absolute atomic E-state index is 2.46. The van der Waals surface area contributed by atoms with Gasteiger partial charge in [0.25, 0.3) is 0 Å². The summed E-state index contributed by atoms with van der Waals surface area (Å²) >= 11 is 0. The molecule has 0 bridgehead atoms. The Morgan fingerprint density at radius 1 is 0.134 bits per heavy atom. The Morgan fingerprint density at radius 3 is 0.768 bits per heavy atom. The third-order valence-corrected chi connectivity index (χ3v) is 17.2. The molecule has 382 valence electrons. The zero-order valence-electron chi connectivity index (χ0n) is 44.7. The van der Waals surface area contributed by atoms with Crippen LogP contribution in [-0.2, 0) is 0 Å². The first-order valence-corrected chi connectivity index (χ1v) is 28.2. The van der Waals surface area contributed by atoms with Crippen LogP contribution in [0.15, 0.2) is 303 Å². The van der Waals surface area contributed by atoms with Crippen LogP contribution in [0.25, 0.3) is 154 Å². The molecule has 13 aromatic carbocycles. The monoisotopic (exact) mass is 1040 g/mol. The first-order valence-electron chi connectivity index (χ1n) is 28.2. The van der Waals surface area contributed by atoms with Crippen LogP contribution in [-0.4, -0.2) is 18.3 Å². The highest BCUT2D eigenvalue weighted by atomic mass is 15.0. The summed E-state index contributed by atoms with van der Waals surface area (Å²) in [6.07, 6.45) is 0. The van der Waals surface area contributed by atoms with E-state index in [0.717, 1.165) is 33.8 Å². The zero-order chi connectivity index (χ0) is 53.8. The van der Waals surface area contributed by atoms with Gasteiger partial charge in [-0.1, -0.05) is 176 Å². The third-order valence-electron chi connectivity index (χ3n) is 17.2. The van der Waals surface area contributed by atoms with E-state index in [2.05, 4.69) is 322 Å². The largest absolute Gasteiger partial charge is 0.309 e. The molecular formula is C78H50N4. The maximum Gasteiger partial charge on any atom is 0.0547 e. The molecule has 0 unspecified atom stereocenters. The molecule has 0 radical (unpaired) electrons. The van der Waals surface area contributed by atoms with Gasteiger partial charge in [-0.15, -0.1) is 0 Å². The van der Waals surface area contributed by atoms with Gasteiger partial charge in [0.15, 0.2) is 0 Å². The molecule has 17 rings (SSSR count). The Morgan fingerprint density at radius 2 is 0.378 bits per heavy atom. The number of nitrogens with zero attached hydrogens (tertiary/aromatic N) is 4. The predicted molar refractivity (Wildman–Crippen MR) is 346 cm³/mol. The molecule has 0 aliphatic rings. The van der Waals surface area contributed by atoms with Crippen molar-refractivity contribution in [1.82, 2.24) is 18.3 Å². The summed E-state index contributed by atoms with van der Waals surface area (Å²) in [5.74, 6) is 0. The SMILES string of the molecule is c1ccc(-c2ccc(-n3c4ccc(-c5ccc6c(c5)c5ccccc5n6-c5ccccc5)cc4c4ccc(-c5ccc6c(c5)c5cc(-c7ccc8c(c7)c7ccccc7n8-c7ccccc7)ccc5n6-c5ccccc5)cc43)cc2)cc1. The van der Waals surface area contributed by atoms with Crippen LogP contribution < -0.4 is 0 Å². The molecule has 0 amide bonds. The second kappa shape index (κ2) is 18.3. The van der Waals surface area contributed by atoms with E-state index in [4.69, 9.17) is 0 Å². The lowest BCUT2D eigenvalue weighted by atomic mass is 9.98. The quantitative estimate of drug-likeness (QED) is 0.145. The fourth-order valence-electron chi connectivity index (χ4n) is 13.3. The van der Waals surface area contributed by atoms with Crippen molar-refractivity contribution in [2.75, 3.05) is 0 Å². The van der Waals surface area contributed by atoms with Gasteiger partial charge in [-0.05, 0) is 172 Å². The molecule has 0 saturated heterocycles. The van der Waals surface area contributed by atoms with Crippen molar-refractivity contribution >= 4 is 87.2 Å². The van der Waals surface area contributed by atoms with Crippen LogP contribution in [0.5, 0.6) is 0 Å². The average molecular weight is 1040 g/mol.